The molecule has 0 radical (unpaired) electrons. The van der Waals surface area contributed by atoms with Crippen LogP contribution in [0.4, 0.5) is 5.82 Å². The normalized spacial score (nSPS) is 18.8. The van der Waals surface area contributed by atoms with Crippen molar-refractivity contribution in [3.63, 3.8) is 0 Å². The van der Waals surface area contributed by atoms with Crippen LogP contribution in [0.5, 0.6) is 0 Å². The monoisotopic (exact) mass is 341 g/mol. The van der Waals surface area contributed by atoms with Crippen molar-refractivity contribution in [2.24, 2.45) is 0 Å². The molecule has 4 heterocycles. The van der Waals surface area contributed by atoms with Gasteiger partial charge in [-0.2, -0.15) is 0 Å². The number of rotatable bonds is 4. The maximum absolute atomic E-state index is 12.4. The molecule has 10 heteroatoms. The van der Waals surface area contributed by atoms with Crippen LogP contribution in [-0.2, 0) is 16.1 Å². The molecular formula is C15H15N7O3. The molecule has 2 aliphatic rings. The Kier molecular flexibility index (Phi) is 3.86. The highest BCUT2D eigenvalue weighted by Crippen LogP contribution is 2.22. The summed E-state index contributed by atoms with van der Waals surface area (Å²) in [4.78, 5) is 44.4. The lowest BCUT2D eigenvalue weighted by Gasteiger charge is -2.17. The molecule has 128 valence electrons. The summed E-state index contributed by atoms with van der Waals surface area (Å²) in [6.45, 7) is 0.251. The van der Waals surface area contributed by atoms with Crippen molar-refractivity contribution in [1.82, 2.24) is 30.7 Å². The smallest absolute Gasteiger partial charge is 0.270 e. The van der Waals surface area contributed by atoms with Gasteiger partial charge in [0.15, 0.2) is 6.10 Å². The van der Waals surface area contributed by atoms with Gasteiger partial charge in [0.2, 0.25) is 5.91 Å². The quantitative estimate of drug-likeness (QED) is 0.614. The van der Waals surface area contributed by atoms with E-state index in [4.69, 9.17) is 4.84 Å². The average Bonchev–Trinajstić information content (AvgIpc) is 3.30. The summed E-state index contributed by atoms with van der Waals surface area (Å²) in [5.74, 6) is 0.628. The number of hydrogen-bond acceptors (Lipinski definition) is 7. The van der Waals surface area contributed by atoms with E-state index < -0.39 is 0 Å². The number of aromatic nitrogens is 4. The Hall–Kier alpha value is -3.27. The molecule has 0 spiro atoms. The topological polar surface area (TPSA) is 134 Å². The maximum atomic E-state index is 12.4. The SMILES string of the molecule is O=C1CCc2c(ncnc2C(=O)NCC2=CC(c3ncc[nH]3)ON2)N1. The molecule has 0 fully saturated rings. The largest absolute Gasteiger partial charge is 0.346 e. The van der Waals surface area contributed by atoms with E-state index in [-0.39, 0.29) is 30.2 Å². The highest BCUT2D eigenvalue weighted by Gasteiger charge is 2.24. The predicted octanol–water partition coefficient (Wildman–Crippen LogP) is -0.0258. The van der Waals surface area contributed by atoms with Crippen LogP contribution in [-0.4, -0.2) is 38.3 Å². The third-order valence-electron chi connectivity index (χ3n) is 3.92. The van der Waals surface area contributed by atoms with E-state index in [0.717, 1.165) is 0 Å². The second kappa shape index (κ2) is 6.32. The fourth-order valence-corrected chi connectivity index (χ4v) is 2.70. The molecule has 0 bridgehead atoms. The van der Waals surface area contributed by atoms with Gasteiger partial charge >= 0.3 is 0 Å². The molecule has 4 N–H and O–H groups in total. The summed E-state index contributed by atoms with van der Waals surface area (Å²) < 4.78 is 0. The number of imidazole rings is 1. The molecular weight excluding hydrogens is 326 g/mol. The number of hydrogen-bond donors (Lipinski definition) is 4. The Labute approximate surface area is 142 Å². The summed E-state index contributed by atoms with van der Waals surface area (Å²) in [6, 6.07) is 0. The minimum Gasteiger partial charge on any atom is -0.346 e. The fourth-order valence-electron chi connectivity index (χ4n) is 2.70. The number of hydroxylamine groups is 1. The van der Waals surface area contributed by atoms with E-state index in [0.29, 0.717) is 35.7 Å². The summed E-state index contributed by atoms with van der Waals surface area (Å²) >= 11 is 0. The lowest BCUT2D eigenvalue weighted by Crippen LogP contribution is -2.31. The number of nitrogens with one attached hydrogen (secondary N) is 4. The van der Waals surface area contributed by atoms with Crippen molar-refractivity contribution in [1.29, 1.82) is 0 Å². The Balaban J connectivity index is 1.43. The average molecular weight is 341 g/mol. The molecule has 0 saturated heterocycles. The van der Waals surface area contributed by atoms with E-state index in [9.17, 15) is 9.59 Å². The number of carbonyl (C=O) groups is 2. The minimum absolute atomic E-state index is 0.112. The van der Waals surface area contributed by atoms with Gasteiger partial charge < -0.3 is 15.6 Å². The van der Waals surface area contributed by atoms with Crippen molar-refractivity contribution >= 4 is 17.6 Å². The van der Waals surface area contributed by atoms with Gasteiger partial charge in [0.25, 0.3) is 5.91 Å². The number of fused-ring (bicyclic) bond motifs is 1. The van der Waals surface area contributed by atoms with E-state index in [1.165, 1.54) is 6.33 Å². The number of anilines is 1. The summed E-state index contributed by atoms with van der Waals surface area (Å²) in [5, 5.41) is 5.43. The van der Waals surface area contributed by atoms with E-state index >= 15 is 0 Å². The fraction of sp³-hybridized carbons (Fsp3) is 0.267. The molecule has 10 nitrogen and oxygen atoms in total. The van der Waals surface area contributed by atoms with Crippen LogP contribution < -0.4 is 16.1 Å². The Morgan fingerprint density at radius 3 is 3.08 bits per heavy atom. The molecule has 2 aromatic heterocycles. The van der Waals surface area contributed by atoms with Gasteiger partial charge in [-0.1, -0.05) is 0 Å². The predicted molar refractivity (Wildman–Crippen MR) is 84.9 cm³/mol. The highest BCUT2D eigenvalue weighted by atomic mass is 16.7. The molecule has 1 unspecified atom stereocenters. The number of H-pyrrole nitrogens is 1. The lowest BCUT2D eigenvalue weighted by molar-refractivity contribution is -0.116. The van der Waals surface area contributed by atoms with Gasteiger partial charge in [0.05, 0.1) is 12.2 Å². The zero-order valence-electron chi connectivity index (χ0n) is 13.1. The zero-order valence-corrected chi connectivity index (χ0v) is 13.1. The van der Waals surface area contributed by atoms with E-state index in [2.05, 4.69) is 36.0 Å². The number of amides is 2. The third-order valence-corrected chi connectivity index (χ3v) is 3.92. The van der Waals surface area contributed by atoms with Crippen molar-refractivity contribution in [3.8, 4) is 0 Å². The van der Waals surface area contributed by atoms with Crippen LogP contribution in [0.3, 0.4) is 0 Å². The molecule has 4 rings (SSSR count). The number of carbonyl (C=O) groups excluding carboxylic acids is 2. The first-order valence-corrected chi connectivity index (χ1v) is 7.74. The Morgan fingerprint density at radius 1 is 1.32 bits per heavy atom. The molecule has 25 heavy (non-hydrogen) atoms. The van der Waals surface area contributed by atoms with Gasteiger partial charge in [0, 0.05) is 24.4 Å². The Morgan fingerprint density at radius 2 is 2.24 bits per heavy atom. The molecule has 2 aliphatic heterocycles. The van der Waals surface area contributed by atoms with Gasteiger partial charge in [0.1, 0.15) is 23.7 Å². The molecule has 2 aromatic rings. The molecule has 2 amide bonds. The van der Waals surface area contributed by atoms with Crippen LogP contribution >= 0.6 is 0 Å². The van der Waals surface area contributed by atoms with Crippen LogP contribution in [0.25, 0.3) is 0 Å². The molecule has 0 saturated carbocycles. The van der Waals surface area contributed by atoms with Crippen molar-refractivity contribution in [3.05, 3.63) is 47.6 Å². The van der Waals surface area contributed by atoms with Crippen LogP contribution in [0, 0.1) is 0 Å². The Bertz CT molecular complexity index is 847. The van der Waals surface area contributed by atoms with Gasteiger partial charge in [-0.3, -0.25) is 19.9 Å². The van der Waals surface area contributed by atoms with Crippen molar-refractivity contribution < 1.29 is 14.4 Å². The lowest BCUT2D eigenvalue weighted by atomic mass is 10.0. The minimum atomic E-state index is -0.334. The van der Waals surface area contributed by atoms with Crippen LogP contribution in [0.2, 0.25) is 0 Å². The summed E-state index contributed by atoms with van der Waals surface area (Å²) in [6.07, 6.45) is 6.87. The second-order valence-corrected chi connectivity index (χ2v) is 5.59. The maximum Gasteiger partial charge on any atom is 0.270 e. The number of nitrogens with zero attached hydrogens (tertiary/aromatic N) is 3. The standard InChI is InChI=1S/C15H15N7O3/c23-11-2-1-9-12(19-7-20-13(9)21-11)15(24)18-6-8-5-10(25-22-8)14-16-3-4-17-14/h3-5,7,10,22H,1-2,6H2,(H,16,17)(H,18,24)(H,19,20,21,23). The molecule has 1 atom stereocenters. The first kappa shape index (κ1) is 15.3. The first-order valence-electron chi connectivity index (χ1n) is 7.74. The van der Waals surface area contributed by atoms with Crippen LogP contribution in [0.15, 0.2) is 30.5 Å². The summed E-state index contributed by atoms with van der Waals surface area (Å²) in [7, 11) is 0. The number of aromatic amines is 1. The molecule has 0 aliphatic carbocycles. The van der Waals surface area contributed by atoms with E-state index in [1.54, 1.807) is 12.4 Å². The zero-order chi connectivity index (χ0) is 17.2. The third kappa shape index (κ3) is 3.06. The first-order chi connectivity index (χ1) is 12.2. The van der Waals surface area contributed by atoms with Gasteiger partial charge in [-0.05, 0) is 12.5 Å². The summed E-state index contributed by atoms with van der Waals surface area (Å²) in [5.41, 5.74) is 4.40. The van der Waals surface area contributed by atoms with Gasteiger partial charge in [-0.25, -0.2) is 15.0 Å². The van der Waals surface area contributed by atoms with Gasteiger partial charge in [-0.15, -0.1) is 0 Å². The van der Waals surface area contributed by atoms with E-state index in [1.807, 2.05) is 6.08 Å². The van der Waals surface area contributed by atoms with Crippen LogP contribution in [0.1, 0.15) is 34.4 Å². The second-order valence-electron chi connectivity index (χ2n) is 5.59. The molecule has 0 aromatic carbocycles. The van der Waals surface area contributed by atoms with Crippen molar-refractivity contribution in [2.45, 2.75) is 18.9 Å². The van der Waals surface area contributed by atoms with Crippen molar-refractivity contribution in [2.75, 3.05) is 11.9 Å². The highest BCUT2D eigenvalue weighted by molar-refractivity contribution is 5.99.